The average Bonchev–Trinajstić information content (AvgIpc) is 3.23. The van der Waals surface area contributed by atoms with Gasteiger partial charge in [-0.25, -0.2) is 9.97 Å². The molecule has 0 spiro atoms. The maximum Gasteiger partial charge on any atom is 0.217 e. The molecule has 2 aliphatic rings. The van der Waals surface area contributed by atoms with E-state index in [0.29, 0.717) is 18.4 Å². The van der Waals surface area contributed by atoms with Crippen LogP contribution in [0.4, 0.5) is 11.6 Å². The third kappa shape index (κ3) is 3.37. The van der Waals surface area contributed by atoms with Gasteiger partial charge >= 0.3 is 0 Å². The van der Waals surface area contributed by atoms with Crippen LogP contribution in [0.1, 0.15) is 32.1 Å². The molecule has 1 aromatic heterocycles. The summed E-state index contributed by atoms with van der Waals surface area (Å²) in [5, 5.41) is 3.39. The molecule has 1 aliphatic heterocycles. The van der Waals surface area contributed by atoms with Crippen LogP contribution in [0.5, 0.6) is 0 Å². The molecule has 20 heavy (non-hydrogen) atoms. The van der Waals surface area contributed by atoms with E-state index in [-0.39, 0.29) is 5.91 Å². The lowest BCUT2D eigenvalue weighted by Gasteiger charge is -2.33. The molecular weight excluding hydrogens is 254 g/mol. The average molecular weight is 275 g/mol. The molecule has 0 radical (unpaired) electrons. The lowest BCUT2D eigenvalue weighted by Crippen LogP contribution is -2.37. The molecule has 1 atom stereocenters. The molecular formula is C14H21N5O. The molecule has 1 aromatic rings. The minimum atomic E-state index is -0.212. The second-order valence-corrected chi connectivity index (χ2v) is 5.80. The molecule has 1 saturated heterocycles. The number of nitrogens with two attached hydrogens (primary N) is 1. The zero-order valence-corrected chi connectivity index (χ0v) is 11.6. The molecule has 1 saturated carbocycles. The van der Waals surface area contributed by atoms with Gasteiger partial charge in [0.25, 0.3) is 0 Å². The van der Waals surface area contributed by atoms with Crippen molar-refractivity contribution < 1.29 is 4.79 Å². The first-order valence-corrected chi connectivity index (χ1v) is 7.32. The van der Waals surface area contributed by atoms with E-state index < -0.39 is 0 Å². The van der Waals surface area contributed by atoms with Crippen LogP contribution in [0.3, 0.4) is 0 Å². The molecule has 6 heteroatoms. The number of amides is 1. The Hall–Kier alpha value is -1.85. The Labute approximate surface area is 118 Å². The highest BCUT2D eigenvalue weighted by atomic mass is 16.1. The summed E-state index contributed by atoms with van der Waals surface area (Å²) in [6.07, 6.45) is 6.67. The van der Waals surface area contributed by atoms with Crippen LogP contribution >= 0.6 is 0 Å². The van der Waals surface area contributed by atoms with Crippen molar-refractivity contribution >= 4 is 17.5 Å². The van der Waals surface area contributed by atoms with Crippen LogP contribution < -0.4 is 16.0 Å². The lowest BCUT2D eigenvalue weighted by atomic mass is 9.94. The van der Waals surface area contributed by atoms with E-state index in [9.17, 15) is 4.79 Å². The van der Waals surface area contributed by atoms with Gasteiger partial charge in [-0.2, -0.15) is 0 Å². The van der Waals surface area contributed by atoms with Crippen LogP contribution in [0.15, 0.2) is 12.4 Å². The van der Waals surface area contributed by atoms with Crippen molar-refractivity contribution in [3.05, 3.63) is 12.4 Å². The Morgan fingerprint density at radius 2 is 2.25 bits per heavy atom. The minimum absolute atomic E-state index is 0.212. The van der Waals surface area contributed by atoms with Crippen molar-refractivity contribution in [2.75, 3.05) is 23.3 Å². The van der Waals surface area contributed by atoms with Crippen molar-refractivity contribution in [3.8, 4) is 0 Å². The van der Waals surface area contributed by atoms with Gasteiger partial charge in [0.1, 0.15) is 18.0 Å². The molecule has 2 fully saturated rings. The van der Waals surface area contributed by atoms with Gasteiger partial charge in [0.05, 0.1) is 0 Å². The number of carbonyl (C=O) groups is 1. The maximum absolute atomic E-state index is 11.1. The summed E-state index contributed by atoms with van der Waals surface area (Å²) in [6.45, 7) is 1.83. The summed E-state index contributed by atoms with van der Waals surface area (Å²) in [5.74, 6) is 1.97. The fourth-order valence-electron chi connectivity index (χ4n) is 2.76. The van der Waals surface area contributed by atoms with Crippen molar-refractivity contribution in [2.45, 2.75) is 38.1 Å². The van der Waals surface area contributed by atoms with Gasteiger partial charge in [-0.1, -0.05) is 0 Å². The summed E-state index contributed by atoms with van der Waals surface area (Å²) in [4.78, 5) is 21.9. The highest BCUT2D eigenvalue weighted by Crippen LogP contribution is 2.27. The molecule has 108 valence electrons. The van der Waals surface area contributed by atoms with E-state index >= 15 is 0 Å². The topological polar surface area (TPSA) is 84.1 Å². The first-order valence-electron chi connectivity index (χ1n) is 7.32. The van der Waals surface area contributed by atoms with E-state index in [4.69, 9.17) is 5.73 Å². The van der Waals surface area contributed by atoms with Gasteiger partial charge in [-0.05, 0) is 31.6 Å². The van der Waals surface area contributed by atoms with Crippen LogP contribution in [-0.2, 0) is 4.79 Å². The number of hydrogen-bond donors (Lipinski definition) is 2. The smallest absolute Gasteiger partial charge is 0.217 e. The Kier molecular flexibility index (Phi) is 3.71. The van der Waals surface area contributed by atoms with Crippen molar-refractivity contribution in [2.24, 2.45) is 11.7 Å². The number of piperidine rings is 1. The van der Waals surface area contributed by atoms with Gasteiger partial charge in [-0.15, -0.1) is 0 Å². The lowest BCUT2D eigenvalue weighted by molar-refractivity contribution is -0.118. The van der Waals surface area contributed by atoms with Gasteiger partial charge < -0.3 is 16.0 Å². The number of nitrogens with zero attached hydrogens (tertiary/aromatic N) is 3. The third-order valence-electron chi connectivity index (χ3n) is 3.91. The number of carbonyl (C=O) groups excluding carboxylic acids is 1. The standard InChI is InChI=1S/C14H21N5O/c15-12(20)6-10-2-1-5-19(8-10)14-7-13(16-9-17-14)18-11-3-4-11/h7,9-11H,1-6,8H2,(H2,15,20)(H,16,17,18). The van der Waals surface area contributed by atoms with Crippen LogP contribution in [-0.4, -0.2) is 35.0 Å². The molecule has 3 rings (SSSR count). The van der Waals surface area contributed by atoms with Crippen molar-refractivity contribution in [1.82, 2.24) is 9.97 Å². The van der Waals surface area contributed by atoms with Crippen molar-refractivity contribution in [3.63, 3.8) is 0 Å². The first kappa shape index (κ1) is 13.1. The zero-order chi connectivity index (χ0) is 13.9. The molecule has 1 unspecified atom stereocenters. The second-order valence-electron chi connectivity index (χ2n) is 5.80. The molecule has 6 nitrogen and oxygen atoms in total. The fourth-order valence-corrected chi connectivity index (χ4v) is 2.76. The molecule has 3 N–H and O–H groups in total. The van der Waals surface area contributed by atoms with E-state index in [0.717, 1.165) is 37.6 Å². The van der Waals surface area contributed by atoms with Gasteiger partial charge in [0, 0.05) is 31.6 Å². The Balaban J connectivity index is 1.66. The molecule has 0 bridgehead atoms. The quantitative estimate of drug-likeness (QED) is 0.842. The summed E-state index contributed by atoms with van der Waals surface area (Å²) in [6, 6.07) is 2.59. The zero-order valence-electron chi connectivity index (χ0n) is 11.6. The number of aromatic nitrogens is 2. The van der Waals surface area contributed by atoms with Crippen LogP contribution in [0, 0.1) is 5.92 Å². The second kappa shape index (κ2) is 5.64. The van der Waals surface area contributed by atoms with E-state index in [1.54, 1.807) is 6.33 Å². The highest BCUT2D eigenvalue weighted by Gasteiger charge is 2.24. The van der Waals surface area contributed by atoms with E-state index in [1.165, 1.54) is 12.8 Å². The molecule has 0 aromatic carbocycles. The van der Waals surface area contributed by atoms with Gasteiger partial charge in [-0.3, -0.25) is 4.79 Å². The van der Waals surface area contributed by atoms with Gasteiger partial charge in [0.15, 0.2) is 0 Å². The molecule has 2 heterocycles. The predicted molar refractivity (Wildman–Crippen MR) is 77.4 cm³/mol. The number of anilines is 2. The Morgan fingerprint density at radius 3 is 3.00 bits per heavy atom. The number of hydrogen-bond acceptors (Lipinski definition) is 5. The van der Waals surface area contributed by atoms with Crippen molar-refractivity contribution in [1.29, 1.82) is 0 Å². The highest BCUT2D eigenvalue weighted by molar-refractivity contribution is 5.74. The minimum Gasteiger partial charge on any atom is -0.370 e. The summed E-state index contributed by atoms with van der Waals surface area (Å²) < 4.78 is 0. The van der Waals surface area contributed by atoms with Crippen LogP contribution in [0.2, 0.25) is 0 Å². The SMILES string of the molecule is NC(=O)CC1CCCN(c2cc(NC3CC3)ncn2)C1. The monoisotopic (exact) mass is 275 g/mol. The van der Waals surface area contributed by atoms with Gasteiger partial charge in [0.2, 0.25) is 5.91 Å². The first-order chi connectivity index (χ1) is 9.70. The molecule has 1 aliphatic carbocycles. The predicted octanol–water partition coefficient (Wildman–Crippen LogP) is 1.14. The number of primary amides is 1. The third-order valence-corrected chi connectivity index (χ3v) is 3.91. The summed E-state index contributed by atoms with van der Waals surface area (Å²) in [7, 11) is 0. The van der Waals surface area contributed by atoms with E-state index in [2.05, 4.69) is 20.2 Å². The largest absolute Gasteiger partial charge is 0.370 e. The number of nitrogens with one attached hydrogen (secondary N) is 1. The normalized spacial score (nSPS) is 22.6. The Bertz CT molecular complexity index is 488. The van der Waals surface area contributed by atoms with E-state index in [1.807, 2.05) is 6.07 Å². The molecule has 1 amide bonds. The number of rotatable bonds is 5. The van der Waals surface area contributed by atoms with Crippen LogP contribution in [0.25, 0.3) is 0 Å². The Morgan fingerprint density at radius 1 is 1.40 bits per heavy atom. The fraction of sp³-hybridized carbons (Fsp3) is 0.643. The summed E-state index contributed by atoms with van der Waals surface area (Å²) >= 11 is 0. The summed E-state index contributed by atoms with van der Waals surface area (Å²) in [5.41, 5.74) is 5.30. The maximum atomic E-state index is 11.1.